The summed E-state index contributed by atoms with van der Waals surface area (Å²) in [7, 11) is 0. The van der Waals surface area contributed by atoms with Crippen molar-refractivity contribution in [3.8, 4) is 22.6 Å². The lowest BCUT2D eigenvalue weighted by molar-refractivity contribution is -0.187. The molecule has 0 bridgehead atoms. The smallest absolute Gasteiger partial charge is 0.430 e. The molecule has 238 valence electrons. The van der Waals surface area contributed by atoms with Gasteiger partial charge in [-0.25, -0.2) is 9.59 Å². The van der Waals surface area contributed by atoms with Gasteiger partial charge in [-0.2, -0.15) is 26.3 Å². The minimum atomic E-state index is -4.86. The fraction of sp³-hybridized carbons (Fsp3) is 0.226. The lowest BCUT2D eigenvalue weighted by Crippen LogP contribution is -2.40. The van der Waals surface area contributed by atoms with Crippen LogP contribution in [0, 0.1) is 20.8 Å². The Labute approximate surface area is 262 Å². The molecule has 0 aliphatic carbocycles. The van der Waals surface area contributed by atoms with Crippen LogP contribution < -0.4 is 9.47 Å². The molecule has 2 aliphatic heterocycles. The van der Waals surface area contributed by atoms with Crippen LogP contribution in [0.1, 0.15) is 27.8 Å². The van der Waals surface area contributed by atoms with Gasteiger partial charge in [0, 0.05) is 26.7 Å². The minimum absolute atomic E-state index is 0.0169. The fourth-order valence-electron chi connectivity index (χ4n) is 4.69. The number of carboxylic acid groups (broad SMARTS) is 2. The van der Waals surface area contributed by atoms with E-state index in [2.05, 4.69) is 0 Å². The lowest BCUT2D eigenvalue weighted by Gasteiger charge is -2.28. The summed E-state index contributed by atoms with van der Waals surface area (Å²) in [4.78, 5) is 22.2. The summed E-state index contributed by atoms with van der Waals surface area (Å²) >= 11 is 12.1. The van der Waals surface area contributed by atoms with Crippen LogP contribution in [0.5, 0.6) is 11.5 Å². The molecule has 2 aliphatic rings. The SMILES string of the molecule is Cc1cc2c(c(C)c1Cl)C=C(C(=O)O)[C@@H](C(F)(F)F)O2.Cc1ccc(-c2cc(Cl)cc3c2OC(C(F)(F)F)C(C(=O)O)=C3)cc1. The average Bonchev–Trinajstić information content (AvgIpc) is 2.94. The van der Waals surface area contributed by atoms with Crippen LogP contribution in [0.2, 0.25) is 10.0 Å². The number of carboxylic acids is 2. The predicted molar refractivity (Wildman–Crippen MR) is 155 cm³/mol. The van der Waals surface area contributed by atoms with Crippen LogP contribution in [0.25, 0.3) is 23.3 Å². The van der Waals surface area contributed by atoms with Crippen molar-refractivity contribution in [2.45, 2.75) is 45.3 Å². The molecule has 0 fully saturated rings. The summed E-state index contributed by atoms with van der Waals surface area (Å²) in [5.41, 5.74) is 1.76. The monoisotopic (exact) mass is 674 g/mol. The Morgan fingerprint density at radius 2 is 1.31 bits per heavy atom. The summed E-state index contributed by atoms with van der Waals surface area (Å²) in [6.07, 6.45) is -12.7. The maximum Gasteiger partial charge on any atom is 0.430 e. The molecule has 0 saturated carbocycles. The molecule has 0 saturated heterocycles. The van der Waals surface area contributed by atoms with Crippen LogP contribution in [0.3, 0.4) is 0 Å². The summed E-state index contributed by atoms with van der Waals surface area (Å²) in [5, 5.41) is 18.7. The van der Waals surface area contributed by atoms with Crippen LogP contribution in [-0.4, -0.2) is 46.7 Å². The molecule has 0 aromatic heterocycles. The Balaban J connectivity index is 0.000000210. The average molecular weight is 675 g/mol. The molecular weight excluding hydrogens is 653 g/mol. The van der Waals surface area contributed by atoms with Crippen molar-refractivity contribution in [3.05, 3.63) is 91.5 Å². The second-order valence-corrected chi connectivity index (χ2v) is 11.0. The molecule has 45 heavy (non-hydrogen) atoms. The van der Waals surface area contributed by atoms with Gasteiger partial charge in [-0.3, -0.25) is 0 Å². The third-order valence-electron chi connectivity index (χ3n) is 6.88. The number of ether oxygens (including phenoxy) is 2. The van der Waals surface area contributed by atoms with E-state index in [9.17, 15) is 35.9 Å². The summed E-state index contributed by atoms with van der Waals surface area (Å²) in [6.45, 7) is 5.12. The molecule has 2 N–H and O–H groups in total. The zero-order valence-electron chi connectivity index (χ0n) is 23.4. The topological polar surface area (TPSA) is 93.1 Å². The molecule has 5 rings (SSSR count). The van der Waals surface area contributed by atoms with Gasteiger partial charge in [-0.05, 0) is 67.8 Å². The van der Waals surface area contributed by atoms with Crippen LogP contribution in [0.4, 0.5) is 26.3 Å². The number of carbonyl (C=O) groups is 2. The maximum absolute atomic E-state index is 13.3. The van der Waals surface area contributed by atoms with Crippen molar-refractivity contribution in [2.75, 3.05) is 0 Å². The standard InChI is InChI=1S/C18H12ClF3O3.C13H10ClF3O3/c1-9-2-4-10(5-3-9)13-8-12(19)6-11-7-14(17(23)24)16(18(20,21)22)25-15(11)13;1-5-3-9-7(6(2)10(5)14)4-8(12(18)19)11(20-9)13(15,16)17/h2-8,16H,1H3,(H,23,24);3-4,11H,1-2H3,(H,18,19)/t;11-/m.0/s1. The third-order valence-corrected chi connectivity index (χ3v) is 7.68. The van der Waals surface area contributed by atoms with Crippen LogP contribution >= 0.6 is 23.2 Å². The highest BCUT2D eigenvalue weighted by atomic mass is 35.5. The highest BCUT2D eigenvalue weighted by Crippen LogP contribution is 2.44. The molecule has 0 spiro atoms. The lowest BCUT2D eigenvalue weighted by atomic mass is 9.95. The van der Waals surface area contributed by atoms with Crippen molar-refractivity contribution in [1.82, 2.24) is 0 Å². The van der Waals surface area contributed by atoms with E-state index in [1.54, 1.807) is 26.0 Å². The number of alkyl halides is 6. The Bertz CT molecular complexity index is 1740. The molecule has 1 unspecified atom stereocenters. The van der Waals surface area contributed by atoms with Gasteiger partial charge in [0.1, 0.15) is 11.5 Å². The van der Waals surface area contributed by atoms with Gasteiger partial charge in [0.25, 0.3) is 0 Å². The van der Waals surface area contributed by atoms with Gasteiger partial charge >= 0.3 is 24.3 Å². The first-order valence-corrected chi connectivity index (χ1v) is 13.6. The number of halogens is 8. The van der Waals surface area contributed by atoms with E-state index in [1.807, 2.05) is 19.1 Å². The van der Waals surface area contributed by atoms with Crippen LogP contribution in [-0.2, 0) is 9.59 Å². The van der Waals surface area contributed by atoms with Gasteiger partial charge in [0.05, 0.1) is 11.1 Å². The first-order chi connectivity index (χ1) is 20.8. The summed E-state index contributed by atoms with van der Waals surface area (Å²) in [6, 6.07) is 11.4. The molecule has 6 nitrogen and oxygen atoms in total. The van der Waals surface area contributed by atoms with Gasteiger partial charge < -0.3 is 19.7 Å². The zero-order valence-corrected chi connectivity index (χ0v) is 24.9. The van der Waals surface area contributed by atoms with E-state index in [1.165, 1.54) is 18.2 Å². The number of aryl methyl sites for hydroxylation is 2. The number of benzene rings is 3. The van der Waals surface area contributed by atoms with Crippen LogP contribution in [0.15, 0.2) is 53.6 Å². The molecule has 2 atom stereocenters. The fourth-order valence-corrected chi connectivity index (χ4v) is 5.08. The Kier molecular flexibility index (Phi) is 9.24. The molecule has 0 radical (unpaired) electrons. The normalized spacial score (nSPS) is 17.3. The number of hydrogen-bond donors (Lipinski definition) is 2. The molecule has 3 aromatic rings. The third kappa shape index (κ3) is 7.07. The summed E-state index contributed by atoms with van der Waals surface area (Å²) in [5.74, 6) is -3.42. The quantitative estimate of drug-likeness (QED) is 0.270. The predicted octanol–water partition coefficient (Wildman–Crippen LogP) is 8.85. The van der Waals surface area contributed by atoms with E-state index < -0.39 is 47.6 Å². The molecular formula is C31H22Cl2F6O6. The second-order valence-electron chi connectivity index (χ2n) is 10.2. The minimum Gasteiger partial charge on any atom is -0.478 e. The number of hydrogen-bond acceptors (Lipinski definition) is 4. The first-order valence-electron chi connectivity index (χ1n) is 12.9. The first kappa shape index (κ1) is 33.7. The largest absolute Gasteiger partial charge is 0.478 e. The zero-order chi connectivity index (χ0) is 33.6. The van der Waals surface area contributed by atoms with Crippen molar-refractivity contribution < 1.29 is 55.6 Å². The molecule has 2 heterocycles. The van der Waals surface area contributed by atoms with Crippen molar-refractivity contribution in [1.29, 1.82) is 0 Å². The number of fused-ring (bicyclic) bond motifs is 2. The van der Waals surface area contributed by atoms with E-state index in [0.29, 0.717) is 27.3 Å². The number of rotatable bonds is 3. The van der Waals surface area contributed by atoms with Gasteiger partial charge in [-0.15, -0.1) is 0 Å². The molecule has 14 heteroatoms. The van der Waals surface area contributed by atoms with Crippen molar-refractivity contribution >= 4 is 47.3 Å². The van der Waals surface area contributed by atoms with E-state index in [0.717, 1.165) is 17.7 Å². The van der Waals surface area contributed by atoms with Gasteiger partial charge in [-0.1, -0.05) is 53.0 Å². The van der Waals surface area contributed by atoms with Gasteiger partial charge in [0.15, 0.2) is 0 Å². The van der Waals surface area contributed by atoms with E-state index in [4.69, 9.17) is 42.9 Å². The van der Waals surface area contributed by atoms with E-state index in [-0.39, 0.29) is 27.6 Å². The Morgan fingerprint density at radius 3 is 1.84 bits per heavy atom. The van der Waals surface area contributed by atoms with Crippen molar-refractivity contribution in [3.63, 3.8) is 0 Å². The van der Waals surface area contributed by atoms with E-state index >= 15 is 0 Å². The molecule has 3 aromatic carbocycles. The Hall–Kier alpha value is -4.16. The van der Waals surface area contributed by atoms with Gasteiger partial charge in [0.2, 0.25) is 12.2 Å². The second kappa shape index (κ2) is 12.3. The number of aliphatic carboxylic acids is 2. The summed E-state index contributed by atoms with van der Waals surface area (Å²) < 4.78 is 88.3. The molecule has 0 amide bonds. The maximum atomic E-state index is 13.3. The Morgan fingerprint density at radius 1 is 0.778 bits per heavy atom. The van der Waals surface area contributed by atoms with Crippen molar-refractivity contribution in [2.24, 2.45) is 0 Å². The highest BCUT2D eigenvalue weighted by Gasteiger charge is 2.50. The highest BCUT2D eigenvalue weighted by molar-refractivity contribution is 6.32.